The number of pyridine rings is 2. The number of allylic oxidation sites excluding steroid dienone is 7. The molecule has 0 fully saturated rings. The van der Waals surface area contributed by atoms with E-state index in [1.165, 1.54) is 12.1 Å². The molecule has 1 aromatic carbocycles. The molecule has 12 heteroatoms. The van der Waals surface area contributed by atoms with Gasteiger partial charge in [-0.3, -0.25) is 0 Å². The SMILES string of the molecule is [C-]#[N+]C1=C(c2cc(F)ncc2C#N)/C(=C(/C#N)[N+]#[C-])c2cc3c(cc21)/C(=C(/C#N)[N+]#[C-])C(c1cc(F)ncc1C#N)=C3C#N. The summed E-state index contributed by atoms with van der Waals surface area (Å²) in [5.74, 6) is -1.99. The Labute approximate surface area is 247 Å². The van der Waals surface area contributed by atoms with E-state index in [1.54, 1.807) is 12.1 Å². The third-order valence-electron chi connectivity index (χ3n) is 6.86. The molecule has 0 saturated heterocycles. The van der Waals surface area contributed by atoms with Crippen LogP contribution >= 0.6 is 0 Å². The monoisotopic (exact) mass is 568 g/mol. The molecule has 2 aliphatic rings. The minimum absolute atomic E-state index is 0.0917. The van der Waals surface area contributed by atoms with Gasteiger partial charge in [0.1, 0.15) is 18.2 Å². The third-order valence-corrected chi connectivity index (χ3v) is 6.86. The minimum atomic E-state index is -0.996. The Morgan fingerprint density at radius 1 is 0.614 bits per heavy atom. The number of hydrogen-bond acceptors (Lipinski definition) is 7. The summed E-state index contributed by atoms with van der Waals surface area (Å²) in [6.45, 7) is 23.3. The molecule has 0 unspecified atom stereocenters. The fourth-order valence-electron chi connectivity index (χ4n) is 5.18. The molecule has 198 valence electrons. The van der Waals surface area contributed by atoms with Crippen LogP contribution in [0.1, 0.15) is 44.5 Å². The molecule has 0 atom stereocenters. The molecule has 5 rings (SSSR count). The van der Waals surface area contributed by atoms with Crippen molar-refractivity contribution in [1.82, 2.24) is 9.97 Å². The van der Waals surface area contributed by atoms with E-state index in [1.807, 2.05) is 18.2 Å². The Bertz CT molecular complexity index is 2190. The van der Waals surface area contributed by atoms with Crippen molar-refractivity contribution < 1.29 is 8.78 Å². The summed E-state index contributed by atoms with van der Waals surface area (Å²) in [6.07, 6.45) is 1.89. The zero-order valence-corrected chi connectivity index (χ0v) is 21.7. The van der Waals surface area contributed by atoms with Crippen LogP contribution in [0.3, 0.4) is 0 Å². The predicted octanol–water partition coefficient (Wildman–Crippen LogP) is 6.06. The van der Waals surface area contributed by atoms with Crippen molar-refractivity contribution >= 4 is 33.6 Å². The number of aromatic nitrogens is 2. The Hall–Kier alpha value is -7.74. The standard InChI is InChI=1S/C32H6F2N10/c1-40-24(11-38)29-20-5-22-21(4-19(20)23(10-37)28(29)17-6-26(33)43-13-15(17)8-35)30(25(12-39)41-2)31(32(22)42-3)18-7-27(34)44-14-16(18)9-36/h4-7,13-14H/b29-24+,30-25-. The third kappa shape index (κ3) is 3.93. The van der Waals surface area contributed by atoms with Crippen molar-refractivity contribution in [2.24, 2.45) is 0 Å². The first-order valence-electron chi connectivity index (χ1n) is 11.9. The maximum atomic E-state index is 14.4. The Morgan fingerprint density at radius 3 is 1.55 bits per heavy atom. The molecule has 0 saturated carbocycles. The molecule has 2 heterocycles. The van der Waals surface area contributed by atoms with Crippen LogP contribution < -0.4 is 0 Å². The van der Waals surface area contributed by atoms with Crippen molar-refractivity contribution in [3.63, 3.8) is 0 Å². The zero-order valence-electron chi connectivity index (χ0n) is 21.7. The second kappa shape index (κ2) is 10.7. The van der Waals surface area contributed by atoms with Crippen molar-refractivity contribution in [3.8, 4) is 30.3 Å². The van der Waals surface area contributed by atoms with Gasteiger partial charge in [-0.2, -0.15) is 24.6 Å². The fourth-order valence-corrected chi connectivity index (χ4v) is 5.18. The van der Waals surface area contributed by atoms with E-state index < -0.39 is 23.3 Å². The van der Waals surface area contributed by atoms with E-state index >= 15 is 0 Å². The van der Waals surface area contributed by atoms with Crippen molar-refractivity contribution in [1.29, 1.82) is 26.3 Å². The molecule has 0 spiro atoms. The second-order valence-corrected chi connectivity index (χ2v) is 8.86. The first-order valence-corrected chi connectivity index (χ1v) is 11.9. The summed E-state index contributed by atoms with van der Waals surface area (Å²) in [7, 11) is 0. The molecular weight excluding hydrogens is 562 g/mol. The topological polar surface area (TPSA) is 158 Å². The fraction of sp³-hybridized carbons (Fsp3) is 0. The van der Waals surface area contributed by atoms with Gasteiger partial charge in [0.05, 0.1) is 48.6 Å². The van der Waals surface area contributed by atoms with E-state index in [4.69, 9.17) is 19.7 Å². The second-order valence-electron chi connectivity index (χ2n) is 8.86. The summed E-state index contributed by atoms with van der Waals surface area (Å²) in [6, 6.07) is 13.8. The van der Waals surface area contributed by atoms with Gasteiger partial charge in [0.25, 0.3) is 11.4 Å². The van der Waals surface area contributed by atoms with E-state index in [2.05, 4.69) is 24.5 Å². The van der Waals surface area contributed by atoms with Gasteiger partial charge >= 0.3 is 0 Å². The van der Waals surface area contributed by atoms with Crippen LogP contribution in [0, 0.1) is 88.3 Å². The molecule has 0 amide bonds. The molecular formula is C32H6F2N10. The van der Waals surface area contributed by atoms with Crippen molar-refractivity contribution in [3.05, 3.63) is 139 Å². The van der Waals surface area contributed by atoms with E-state index in [-0.39, 0.29) is 78.1 Å². The lowest BCUT2D eigenvalue weighted by Gasteiger charge is -2.12. The van der Waals surface area contributed by atoms with Gasteiger partial charge in [-0.15, -0.1) is 0 Å². The van der Waals surface area contributed by atoms with Gasteiger partial charge in [-0.05, 0) is 50.6 Å². The van der Waals surface area contributed by atoms with Crippen LogP contribution in [0.4, 0.5) is 8.78 Å². The lowest BCUT2D eigenvalue weighted by molar-refractivity contribution is 0.582. The average Bonchev–Trinajstić information content (AvgIpc) is 3.53. The lowest BCUT2D eigenvalue weighted by Crippen LogP contribution is -1.97. The number of nitrogens with zero attached hydrogens (tertiary/aromatic N) is 10. The van der Waals surface area contributed by atoms with E-state index in [9.17, 15) is 35.1 Å². The predicted molar refractivity (Wildman–Crippen MR) is 148 cm³/mol. The molecule has 2 aliphatic carbocycles. The first-order chi connectivity index (χ1) is 21.3. The molecule has 44 heavy (non-hydrogen) atoms. The molecule has 2 aromatic heterocycles. The van der Waals surface area contributed by atoms with Crippen LogP contribution in [0.2, 0.25) is 0 Å². The molecule has 0 aliphatic heterocycles. The van der Waals surface area contributed by atoms with Gasteiger partial charge < -0.3 is 0 Å². The van der Waals surface area contributed by atoms with Gasteiger partial charge in [-0.25, -0.2) is 35.0 Å². The van der Waals surface area contributed by atoms with Gasteiger partial charge in [0.2, 0.25) is 17.6 Å². The van der Waals surface area contributed by atoms with Gasteiger partial charge in [-0.1, -0.05) is 6.07 Å². The Balaban J connectivity index is 1.99. The molecule has 10 nitrogen and oxygen atoms in total. The van der Waals surface area contributed by atoms with Gasteiger partial charge in [0.15, 0.2) is 0 Å². The first kappa shape index (κ1) is 27.8. The van der Waals surface area contributed by atoms with Crippen LogP contribution in [0.25, 0.3) is 48.1 Å². The minimum Gasteiger partial charge on any atom is -0.237 e. The van der Waals surface area contributed by atoms with E-state index in [0.29, 0.717) is 0 Å². The average molecular weight is 568 g/mol. The summed E-state index contributed by atoms with van der Waals surface area (Å²) >= 11 is 0. The quantitative estimate of drug-likeness (QED) is 0.207. The van der Waals surface area contributed by atoms with E-state index in [0.717, 1.165) is 24.5 Å². The highest BCUT2D eigenvalue weighted by Crippen LogP contribution is 2.55. The van der Waals surface area contributed by atoms with Crippen LogP contribution in [0.5, 0.6) is 0 Å². The van der Waals surface area contributed by atoms with Crippen LogP contribution in [-0.2, 0) is 0 Å². The molecule has 3 aromatic rings. The Kier molecular flexibility index (Phi) is 6.75. The normalized spacial score (nSPS) is 14.8. The number of hydrogen-bond donors (Lipinski definition) is 0. The largest absolute Gasteiger partial charge is 0.270 e. The molecule has 0 N–H and O–H groups in total. The summed E-state index contributed by atoms with van der Waals surface area (Å²) in [5, 5.41) is 49.5. The van der Waals surface area contributed by atoms with Crippen molar-refractivity contribution in [2.45, 2.75) is 0 Å². The number of nitriles is 5. The molecule has 0 bridgehead atoms. The van der Waals surface area contributed by atoms with Crippen LogP contribution in [0.15, 0.2) is 48.1 Å². The highest BCUT2D eigenvalue weighted by Gasteiger charge is 2.38. The summed E-state index contributed by atoms with van der Waals surface area (Å²) in [5.41, 5.74) is -1.86. The summed E-state index contributed by atoms with van der Waals surface area (Å²) in [4.78, 5) is 17.1. The number of rotatable bonds is 2. The summed E-state index contributed by atoms with van der Waals surface area (Å²) < 4.78 is 28.7. The maximum Gasteiger partial charge on any atom is 0.270 e. The number of benzene rings is 1. The zero-order chi connectivity index (χ0) is 31.7. The van der Waals surface area contributed by atoms with Crippen molar-refractivity contribution in [2.75, 3.05) is 0 Å². The lowest BCUT2D eigenvalue weighted by atomic mass is 9.91. The van der Waals surface area contributed by atoms with Gasteiger partial charge in [0, 0.05) is 35.7 Å². The smallest absolute Gasteiger partial charge is 0.237 e. The highest BCUT2D eigenvalue weighted by atomic mass is 19.1. The van der Waals surface area contributed by atoms with Crippen LogP contribution in [-0.4, -0.2) is 9.97 Å². The highest BCUT2D eigenvalue weighted by molar-refractivity contribution is 6.29. The Morgan fingerprint density at radius 2 is 1.09 bits per heavy atom. The number of fused-ring (bicyclic) bond motifs is 2. The number of halogens is 2. The maximum absolute atomic E-state index is 14.4. The molecule has 0 radical (unpaired) electrons.